The minimum atomic E-state index is 0.0884. The highest BCUT2D eigenvalue weighted by molar-refractivity contribution is 5.93. The molecule has 3 rings (SSSR count). The number of hydrogen-bond acceptors (Lipinski definition) is 3. The van der Waals surface area contributed by atoms with Crippen LogP contribution >= 0.6 is 0 Å². The van der Waals surface area contributed by atoms with E-state index in [9.17, 15) is 4.79 Å². The second-order valence-corrected chi connectivity index (χ2v) is 6.69. The molecular formula is C20H25N3O. The first-order valence-corrected chi connectivity index (χ1v) is 8.53. The average Bonchev–Trinajstić information content (AvgIpc) is 2.59. The van der Waals surface area contributed by atoms with Gasteiger partial charge in [-0.2, -0.15) is 0 Å². The number of pyridine rings is 1. The summed E-state index contributed by atoms with van der Waals surface area (Å²) in [5.74, 6) is 0.0884. The van der Waals surface area contributed by atoms with Gasteiger partial charge >= 0.3 is 0 Å². The van der Waals surface area contributed by atoms with E-state index in [0.29, 0.717) is 5.56 Å². The van der Waals surface area contributed by atoms with Gasteiger partial charge in [-0.1, -0.05) is 17.7 Å². The van der Waals surface area contributed by atoms with Crippen LogP contribution in [-0.4, -0.2) is 46.9 Å². The van der Waals surface area contributed by atoms with Crippen molar-refractivity contribution in [3.63, 3.8) is 0 Å². The topological polar surface area (TPSA) is 36.4 Å². The van der Waals surface area contributed by atoms with Crippen LogP contribution in [0, 0.1) is 20.8 Å². The van der Waals surface area contributed by atoms with E-state index >= 15 is 0 Å². The Hall–Kier alpha value is -2.20. The minimum Gasteiger partial charge on any atom is -0.336 e. The Bertz CT molecular complexity index is 696. The fourth-order valence-electron chi connectivity index (χ4n) is 3.46. The van der Waals surface area contributed by atoms with Crippen molar-refractivity contribution in [1.82, 2.24) is 14.8 Å². The molecule has 0 N–H and O–H groups in total. The van der Waals surface area contributed by atoms with E-state index in [1.54, 1.807) is 12.4 Å². The molecule has 0 saturated carbocycles. The Kier molecular flexibility index (Phi) is 4.95. The summed E-state index contributed by atoms with van der Waals surface area (Å²) < 4.78 is 0. The molecule has 1 fully saturated rings. The Morgan fingerprint density at radius 2 is 1.75 bits per heavy atom. The van der Waals surface area contributed by atoms with Gasteiger partial charge in [-0.15, -0.1) is 0 Å². The third-order valence-electron chi connectivity index (χ3n) is 4.79. The summed E-state index contributed by atoms with van der Waals surface area (Å²) in [4.78, 5) is 20.9. The molecule has 0 radical (unpaired) electrons. The molecule has 4 nitrogen and oxygen atoms in total. The highest BCUT2D eigenvalue weighted by Gasteiger charge is 2.22. The van der Waals surface area contributed by atoms with Crippen LogP contribution in [0.3, 0.4) is 0 Å². The molecule has 1 aliphatic rings. The van der Waals surface area contributed by atoms with Crippen LogP contribution in [0.5, 0.6) is 0 Å². The first-order valence-electron chi connectivity index (χ1n) is 8.53. The maximum Gasteiger partial charge on any atom is 0.255 e. The summed E-state index contributed by atoms with van der Waals surface area (Å²) in [7, 11) is 0. The average molecular weight is 323 g/mol. The van der Waals surface area contributed by atoms with Gasteiger partial charge < -0.3 is 4.90 Å². The van der Waals surface area contributed by atoms with Gasteiger partial charge in [-0.3, -0.25) is 14.7 Å². The first kappa shape index (κ1) is 16.7. The maximum atomic E-state index is 12.5. The van der Waals surface area contributed by atoms with Crippen molar-refractivity contribution < 1.29 is 4.79 Å². The van der Waals surface area contributed by atoms with E-state index in [0.717, 1.165) is 32.7 Å². The molecule has 0 aliphatic carbocycles. The summed E-state index contributed by atoms with van der Waals surface area (Å²) in [5.41, 5.74) is 6.15. The van der Waals surface area contributed by atoms with Crippen LogP contribution in [0.25, 0.3) is 0 Å². The van der Waals surface area contributed by atoms with Crippen molar-refractivity contribution in [3.8, 4) is 0 Å². The number of nitrogens with zero attached hydrogens (tertiary/aromatic N) is 3. The molecule has 1 aromatic carbocycles. The summed E-state index contributed by atoms with van der Waals surface area (Å²) in [5, 5.41) is 0. The standard InChI is InChI=1S/C20H25N3O/c1-15-11-16(2)19(17(3)12-15)14-22-7-9-23(10-8-22)20(24)18-5-4-6-21-13-18/h4-6,11-13H,7-10,14H2,1-3H3. The highest BCUT2D eigenvalue weighted by Crippen LogP contribution is 2.19. The van der Waals surface area contributed by atoms with Crippen molar-refractivity contribution in [2.45, 2.75) is 27.3 Å². The number of benzene rings is 1. The number of rotatable bonds is 3. The normalized spacial score (nSPS) is 15.5. The lowest BCUT2D eigenvalue weighted by atomic mass is 9.99. The number of piperazine rings is 1. The fourth-order valence-corrected chi connectivity index (χ4v) is 3.46. The van der Waals surface area contributed by atoms with Crippen LogP contribution in [0.15, 0.2) is 36.7 Å². The Labute approximate surface area is 144 Å². The van der Waals surface area contributed by atoms with Crippen molar-refractivity contribution in [3.05, 3.63) is 64.5 Å². The quantitative estimate of drug-likeness (QED) is 0.871. The Morgan fingerprint density at radius 3 is 2.33 bits per heavy atom. The van der Waals surface area contributed by atoms with Gasteiger partial charge in [0.05, 0.1) is 5.56 Å². The molecule has 1 aliphatic heterocycles. The predicted octanol–water partition coefficient (Wildman–Crippen LogP) is 2.96. The van der Waals surface area contributed by atoms with Crippen LogP contribution in [0.1, 0.15) is 32.6 Å². The van der Waals surface area contributed by atoms with Crippen molar-refractivity contribution in [1.29, 1.82) is 0 Å². The second kappa shape index (κ2) is 7.14. The van der Waals surface area contributed by atoms with Gasteiger partial charge in [0.2, 0.25) is 0 Å². The highest BCUT2D eigenvalue weighted by atomic mass is 16.2. The molecular weight excluding hydrogens is 298 g/mol. The number of hydrogen-bond donors (Lipinski definition) is 0. The zero-order valence-corrected chi connectivity index (χ0v) is 14.7. The molecule has 2 aromatic rings. The monoisotopic (exact) mass is 323 g/mol. The van der Waals surface area contributed by atoms with Gasteiger partial charge in [-0.25, -0.2) is 0 Å². The van der Waals surface area contributed by atoms with Crippen LogP contribution in [0.2, 0.25) is 0 Å². The second-order valence-electron chi connectivity index (χ2n) is 6.69. The SMILES string of the molecule is Cc1cc(C)c(CN2CCN(C(=O)c3cccnc3)CC2)c(C)c1. The van der Waals surface area contributed by atoms with E-state index in [2.05, 4.69) is 42.8 Å². The first-order chi connectivity index (χ1) is 11.5. The molecule has 2 heterocycles. The molecule has 1 aromatic heterocycles. The third-order valence-corrected chi connectivity index (χ3v) is 4.79. The van der Waals surface area contributed by atoms with E-state index in [4.69, 9.17) is 0 Å². The minimum absolute atomic E-state index is 0.0884. The van der Waals surface area contributed by atoms with Gasteiger partial charge in [0, 0.05) is 45.1 Å². The van der Waals surface area contributed by atoms with Crippen molar-refractivity contribution in [2.24, 2.45) is 0 Å². The van der Waals surface area contributed by atoms with Gasteiger partial charge in [0.1, 0.15) is 0 Å². The Morgan fingerprint density at radius 1 is 1.08 bits per heavy atom. The number of amides is 1. The predicted molar refractivity (Wildman–Crippen MR) is 96.1 cm³/mol. The van der Waals surface area contributed by atoms with Crippen LogP contribution < -0.4 is 0 Å². The number of aromatic nitrogens is 1. The van der Waals surface area contributed by atoms with E-state index < -0.39 is 0 Å². The fraction of sp³-hybridized carbons (Fsp3) is 0.400. The lowest BCUT2D eigenvalue weighted by molar-refractivity contribution is 0.0627. The molecule has 0 unspecified atom stereocenters. The molecule has 4 heteroatoms. The summed E-state index contributed by atoms with van der Waals surface area (Å²) in [6.45, 7) is 10.9. The van der Waals surface area contributed by atoms with Crippen LogP contribution in [-0.2, 0) is 6.54 Å². The van der Waals surface area contributed by atoms with Crippen molar-refractivity contribution >= 4 is 5.91 Å². The number of aryl methyl sites for hydroxylation is 3. The molecule has 0 spiro atoms. The summed E-state index contributed by atoms with van der Waals surface area (Å²) in [6, 6.07) is 8.15. The molecule has 126 valence electrons. The molecule has 1 amide bonds. The van der Waals surface area contributed by atoms with Gasteiger partial charge in [0.25, 0.3) is 5.91 Å². The largest absolute Gasteiger partial charge is 0.336 e. The number of carbonyl (C=O) groups excluding carboxylic acids is 1. The molecule has 0 atom stereocenters. The lowest BCUT2D eigenvalue weighted by Crippen LogP contribution is -2.48. The third kappa shape index (κ3) is 3.65. The summed E-state index contributed by atoms with van der Waals surface area (Å²) in [6.07, 6.45) is 3.34. The molecule has 1 saturated heterocycles. The van der Waals surface area contributed by atoms with Gasteiger partial charge in [-0.05, 0) is 49.6 Å². The van der Waals surface area contributed by atoms with Crippen molar-refractivity contribution in [2.75, 3.05) is 26.2 Å². The van der Waals surface area contributed by atoms with Gasteiger partial charge in [0.15, 0.2) is 0 Å². The zero-order chi connectivity index (χ0) is 17.1. The number of carbonyl (C=O) groups is 1. The van der Waals surface area contributed by atoms with E-state index in [1.807, 2.05) is 17.0 Å². The zero-order valence-electron chi connectivity index (χ0n) is 14.7. The van der Waals surface area contributed by atoms with E-state index in [1.165, 1.54) is 22.3 Å². The maximum absolute atomic E-state index is 12.5. The Balaban J connectivity index is 1.61. The summed E-state index contributed by atoms with van der Waals surface area (Å²) >= 11 is 0. The van der Waals surface area contributed by atoms with Crippen LogP contribution in [0.4, 0.5) is 0 Å². The lowest BCUT2D eigenvalue weighted by Gasteiger charge is -2.35. The molecule has 24 heavy (non-hydrogen) atoms. The molecule has 0 bridgehead atoms. The smallest absolute Gasteiger partial charge is 0.255 e. The van der Waals surface area contributed by atoms with E-state index in [-0.39, 0.29) is 5.91 Å².